The summed E-state index contributed by atoms with van der Waals surface area (Å²) in [4.78, 5) is 14.5. The lowest BCUT2D eigenvalue weighted by Gasteiger charge is -2.34. The number of carbonyl (C=O) groups excluding carboxylic acids is 1. The highest BCUT2D eigenvalue weighted by Crippen LogP contribution is 2.22. The molecule has 0 atom stereocenters. The topological polar surface area (TPSA) is 66.9 Å². The van der Waals surface area contributed by atoms with Crippen LogP contribution in [0.2, 0.25) is 0 Å². The second-order valence-electron chi connectivity index (χ2n) is 7.42. The number of aryl methyl sites for hydroxylation is 3. The van der Waals surface area contributed by atoms with E-state index in [-0.39, 0.29) is 12.3 Å². The lowest BCUT2D eigenvalue weighted by atomic mass is 10.2. The number of hydrogen-bond acceptors (Lipinski definition) is 4. The Kier molecular flexibility index (Phi) is 6.59. The van der Waals surface area contributed by atoms with Crippen molar-refractivity contribution < 1.29 is 17.9 Å². The number of ether oxygens (including phenoxy) is 1. The van der Waals surface area contributed by atoms with Gasteiger partial charge in [0.2, 0.25) is 15.9 Å². The van der Waals surface area contributed by atoms with Crippen LogP contribution in [0.3, 0.4) is 0 Å². The zero-order valence-electron chi connectivity index (χ0n) is 17.2. The Hall–Kier alpha value is -2.38. The fraction of sp³-hybridized carbons (Fsp3) is 0.409. The largest absolute Gasteiger partial charge is 0.493 e. The Morgan fingerprint density at radius 2 is 1.66 bits per heavy atom. The summed E-state index contributed by atoms with van der Waals surface area (Å²) in [6.45, 7) is 7.37. The summed E-state index contributed by atoms with van der Waals surface area (Å²) in [6.07, 6.45) is 0.276. The molecule has 6 nitrogen and oxygen atoms in total. The Bertz CT molecular complexity index is 980. The molecule has 0 radical (unpaired) electrons. The molecule has 1 amide bonds. The number of piperazine rings is 1. The van der Waals surface area contributed by atoms with Crippen LogP contribution in [0.15, 0.2) is 47.4 Å². The number of hydrogen-bond donors (Lipinski definition) is 0. The molecule has 0 unspecified atom stereocenters. The first kappa shape index (κ1) is 21.3. The predicted molar refractivity (Wildman–Crippen MR) is 113 cm³/mol. The monoisotopic (exact) mass is 416 g/mol. The van der Waals surface area contributed by atoms with Gasteiger partial charge >= 0.3 is 0 Å². The third kappa shape index (κ3) is 4.97. The van der Waals surface area contributed by atoms with E-state index in [2.05, 4.69) is 0 Å². The molecule has 1 aliphatic heterocycles. The molecule has 1 fully saturated rings. The normalized spacial score (nSPS) is 15.3. The molecule has 156 valence electrons. The van der Waals surface area contributed by atoms with Gasteiger partial charge in [-0.2, -0.15) is 4.31 Å². The Morgan fingerprint density at radius 1 is 0.966 bits per heavy atom. The lowest BCUT2D eigenvalue weighted by molar-refractivity contribution is -0.132. The number of sulfonamides is 1. The summed E-state index contributed by atoms with van der Waals surface area (Å²) in [5.74, 6) is 0.770. The zero-order chi connectivity index (χ0) is 21.0. The highest BCUT2D eigenvalue weighted by Gasteiger charge is 2.31. The molecule has 0 aromatic heterocycles. The molecule has 2 aromatic carbocycles. The van der Waals surface area contributed by atoms with E-state index < -0.39 is 10.0 Å². The number of carbonyl (C=O) groups is 1. The summed E-state index contributed by atoms with van der Waals surface area (Å²) in [5, 5.41) is 0. The molecule has 0 bridgehead atoms. The molecule has 0 N–H and O–H groups in total. The van der Waals surface area contributed by atoms with E-state index in [0.29, 0.717) is 37.7 Å². The second kappa shape index (κ2) is 8.97. The van der Waals surface area contributed by atoms with Crippen molar-refractivity contribution in [3.8, 4) is 5.75 Å². The Morgan fingerprint density at radius 3 is 2.34 bits per heavy atom. The van der Waals surface area contributed by atoms with Crippen molar-refractivity contribution in [3.63, 3.8) is 0 Å². The zero-order valence-corrected chi connectivity index (χ0v) is 18.0. The maximum absolute atomic E-state index is 13.0. The molecule has 1 saturated heterocycles. The molecule has 3 rings (SSSR count). The Labute approximate surface area is 173 Å². The third-order valence-corrected chi connectivity index (χ3v) is 7.26. The van der Waals surface area contributed by atoms with Crippen LogP contribution in [-0.4, -0.2) is 56.3 Å². The maximum Gasteiger partial charge on any atom is 0.243 e. The average Bonchev–Trinajstić information content (AvgIpc) is 2.71. The van der Waals surface area contributed by atoms with Gasteiger partial charge in [-0.1, -0.05) is 30.3 Å². The number of benzene rings is 2. The number of para-hydroxylation sites is 1. The maximum atomic E-state index is 13.0. The van der Waals surface area contributed by atoms with Crippen molar-refractivity contribution in [2.45, 2.75) is 32.1 Å². The summed E-state index contributed by atoms with van der Waals surface area (Å²) in [6, 6.07) is 13.1. The quantitative estimate of drug-likeness (QED) is 0.726. The number of amides is 1. The van der Waals surface area contributed by atoms with Crippen molar-refractivity contribution >= 4 is 15.9 Å². The van der Waals surface area contributed by atoms with Gasteiger partial charge in [0.1, 0.15) is 5.75 Å². The van der Waals surface area contributed by atoms with Gasteiger partial charge in [-0.05, 0) is 49.6 Å². The molecular formula is C22H28N2O4S. The first-order chi connectivity index (χ1) is 13.8. The Balaban J connectivity index is 1.54. The van der Waals surface area contributed by atoms with E-state index in [9.17, 15) is 13.2 Å². The van der Waals surface area contributed by atoms with E-state index in [4.69, 9.17) is 4.74 Å². The smallest absolute Gasteiger partial charge is 0.243 e. The van der Waals surface area contributed by atoms with Crippen LogP contribution in [0, 0.1) is 20.8 Å². The summed E-state index contributed by atoms with van der Waals surface area (Å²) >= 11 is 0. The highest BCUT2D eigenvalue weighted by molar-refractivity contribution is 7.89. The van der Waals surface area contributed by atoms with Gasteiger partial charge in [-0.15, -0.1) is 0 Å². The van der Waals surface area contributed by atoms with Gasteiger partial charge in [-0.3, -0.25) is 4.79 Å². The molecule has 1 heterocycles. The van der Waals surface area contributed by atoms with Crippen LogP contribution < -0.4 is 4.74 Å². The van der Waals surface area contributed by atoms with Crippen molar-refractivity contribution in [1.82, 2.24) is 9.21 Å². The molecule has 7 heteroatoms. The minimum atomic E-state index is -3.55. The SMILES string of the molecule is Cc1ccc(C)c(S(=O)(=O)N2CCN(C(=O)CCOc3ccccc3C)CC2)c1. The van der Waals surface area contributed by atoms with Crippen LogP contribution in [-0.2, 0) is 14.8 Å². The van der Waals surface area contributed by atoms with Crippen molar-refractivity contribution in [1.29, 1.82) is 0 Å². The van der Waals surface area contributed by atoms with Gasteiger partial charge in [-0.25, -0.2) is 8.42 Å². The van der Waals surface area contributed by atoms with Crippen LogP contribution in [0.1, 0.15) is 23.1 Å². The second-order valence-corrected chi connectivity index (χ2v) is 9.32. The fourth-order valence-electron chi connectivity index (χ4n) is 3.43. The average molecular weight is 417 g/mol. The predicted octanol–water partition coefficient (Wildman–Crippen LogP) is 2.91. The third-order valence-electron chi connectivity index (χ3n) is 5.22. The van der Waals surface area contributed by atoms with E-state index in [1.54, 1.807) is 17.9 Å². The van der Waals surface area contributed by atoms with E-state index >= 15 is 0 Å². The summed E-state index contributed by atoms with van der Waals surface area (Å²) in [5.41, 5.74) is 2.68. The van der Waals surface area contributed by atoms with Crippen LogP contribution in [0.4, 0.5) is 0 Å². The molecule has 2 aromatic rings. The van der Waals surface area contributed by atoms with Crippen LogP contribution in [0.25, 0.3) is 0 Å². The summed E-state index contributed by atoms with van der Waals surface area (Å²) < 4.78 is 33.2. The lowest BCUT2D eigenvalue weighted by Crippen LogP contribution is -2.50. The number of rotatable bonds is 6. The molecule has 29 heavy (non-hydrogen) atoms. The fourth-order valence-corrected chi connectivity index (χ4v) is 5.16. The van der Waals surface area contributed by atoms with Crippen LogP contribution in [0.5, 0.6) is 5.75 Å². The van der Waals surface area contributed by atoms with Gasteiger partial charge in [0.05, 0.1) is 17.9 Å². The highest BCUT2D eigenvalue weighted by atomic mass is 32.2. The molecular weight excluding hydrogens is 388 g/mol. The van der Waals surface area contributed by atoms with E-state index in [1.807, 2.05) is 50.2 Å². The first-order valence-corrected chi connectivity index (χ1v) is 11.3. The van der Waals surface area contributed by atoms with Gasteiger partial charge in [0.25, 0.3) is 0 Å². The molecule has 0 saturated carbocycles. The molecule has 1 aliphatic rings. The van der Waals surface area contributed by atoms with E-state index in [0.717, 1.165) is 22.4 Å². The van der Waals surface area contributed by atoms with Crippen molar-refractivity contribution in [2.75, 3.05) is 32.8 Å². The standard InChI is InChI=1S/C22H28N2O4S/c1-17-8-9-19(3)21(16-17)29(26,27)24-13-11-23(12-14-24)22(25)10-15-28-20-7-5-4-6-18(20)2/h4-9,16H,10-15H2,1-3H3. The van der Waals surface area contributed by atoms with Gasteiger partial charge in [0, 0.05) is 26.2 Å². The minimum absolute atomic E-state index is 0.0117. The van der Waals surface area contributed by atoms with Crippen molar-refractivity contribution in [2.24, 2.45) is 0 Å². The minimum Gasteiger partial charge on any atom is -0.493 e. The van der Waals surface area contributed by atoms with E-state index in [1.165, 1.54) is 4.31 Å². The summed E-state index contributed by atoms with van der Waals surface area (Å²) in [7, 11) is -3.55. The number of nitrogens with zero attached hydrogens (tertiary/aromatic N) is 2. The van der Waals surface area contributed by atoms with Crippen molar-refractivity contribution in [3.05, 3.63) is 59.2 Å². The van der Waals surface area contributed by atoms with Gasteiger partial charge in [0.15, 0.2) is 0 Å². The molecule has 0 spiro atoms. The van der Waals surface area contributed by atoms with Crippen LogP contribution >= 0.6 is 0 Å². The van der Waals surface area contributed by atoms with Gasteiger partial charge < -0.3 is 9.64 Å². The first-order valence-electron chi connectivity index (χ1n) is 9.82. The molecule has 0 aliphatic carbocycles.